The van der Waals surface area contributed by atoms with E-state index in [-0.39, 0.29) is 28.1 Å². The summed E-state index contributed by atoms with van der Waals surface area (Å²) in [5.74, 6) is -0.983. The number of halogens is 3. The number of hydrogen-bond acceptors (Lipinski definition) is 4. The molecule has 3 aromatic rings. The van der Waals surface area contributed by atoms with E-state index < -0.39 is 28.5 Å². The van der Waals surface area contributed by atoms with E-state index in [1.54, 1.807) is 49.4 Å². The number of nitrogens with zero attached hydrogens (tertiary/aromatic N) is 2. The first kappa shape index (κ1) is 29.8. The van der Waals surface area contributed by atoms with Gasteiger partial charge in [0.25, 0.3) is 10.0 Å². The number of carbonyl (C=O) groups is 2. The molecule has 11 heteroatoms. The lowest BCUT2D eigenvalue weighted by Crippen LogP contribution is -2.51. The summed E-state index contributed by atoms with van der Waals surface area (Å²) in [6.07, 6.45) is 0.717. The minimum Gasteiger partial charge on any atom is -0.354 e. The molecule has 0 bridgehead atoms. The first-order chi connectivity index (χ1) is 18.1. The lowest BCUT2D eigenvalue weighted by molar-refractivity contribution is -0.139. The third-order valence-electron chi connectivity index (χ3n) is 5.80. The van der Waals surface area contributed by atoms with Crippen LogP contribution in [0.5, 0.6) is 0 Å². The summed E-state index contributed by atoms with van der Waals surface area (Å²) < 4.78 is 28.4. The summed E-state index contributed by atoms with van der Waals surface area (Å²) in [6.45, 7) is 3.32. The molecule has 0 saturated heterocycles. The Morgan fingerprint density at radius 2 is 1.58 bits per heavy atom. The van der Waals surface area contributed by atoms with Crippen molar-refractivity contribution in [3.8, 4) is 0 Å². The highest BCUT2D eigenvalue weighted by molar-refractivity contribution is 7.92. The smallest absolute Gasteiger partial charge is 0.264 e. The Morgan fingerprint density at radius 3 is 2.21 bits per heavy atom. The molecule has 0 saturated carbocycles. The Kier molecular flexibility index (Phi) is 10.4. The zero-order valence-electron chi connectivity index (χ0n) is 20.9. The van der Waals surface area contributed by atoms with Crippen molar-refractivity contribution in [3.05, 3.63) is 93.4 Å². The summed E-state index contributed by atoms with van der Waals surface area (Å²) in [5, 5.41) is 3.57. The summed E-state index contributed by atoms with van der Waals surface area (Å²) in [4.78, 5) is 28.0. The van der Waals surface area contributed by atoms with Gasteiger partial charge in [0.1, 0.15) is 12.6 Å². The number of benzene rings is 3. The van der Waals surface area contributed by atoms with Crippen molar-refractivity contribution in [1.82, 2.24) is 10.2 Å². The molecule has 7 nitrogen and oxygen atoms in total. The Balaban J connectivity index is 2.05. The molecule has 0 radical (unpaired) electrons. The fourth-order valence-electron chi connectivity index (χ4n) is 3.71. The molecule has 0 spiro atoms. The number of hydrogen-bond donors (Lipinski definition) is 1. The van der Waals surface area contributed by atoms with Gasteiger partial charge < -0.3 is 10.2 Å². The van der Waals surface area contributed by atoms with Crippen LogP contribution in [-0.2, 0) is 26.2 Å². The lowest BCUT2D eigenvalue weighted by atomic mass is 10.1. The van der Waals surface area contributed by atoms with Gasteiger partial charge in [0.05, 0.1) is 15.6 Å². The van der Waals surface area contributed by atoms with Crippen LogP contribution in [0.3, 0.4) is 0 Å². The van der Waals surface area contributed by atoms with Gasteiger partial charge >= 0.3 is 0 Å². The second-order valence-corrected chi connectivity index (χ2v) is 11.6. The lowest BCUT2D eigenvalue weighted by Gasteiger charge is -2.32. The van der Waals surface area contributed by atoms with Crippen LogP contribution in [0.15, 0.2) is 77.7 Å². The summed E-state index contributed by atoms with van der Waals surface area (Å²) in [7, 11) is -4.23. The Labute approximate surface area is 238 Å². The molecule has 0 fully saturated rings. The van der Waals surface area contributed by atoms with Crippen LogP contribution in [0.2, 0.25) is 15.1 Å². The largest absolute Gasteiger partial charge is 0.354 e. The molecule has 0 heterocycles. The number of sulfonamides is 1. The van der Waals surface area contributed by atoms with Crippen molar-refractivity contribution < 1.29 is 18.0 Å². The monoisotopic (exact) mass is 595 g/mol. The van der Waals surface area contributed by atoms with E-state index >= 15 is 0 Å². The minimum absolute atomic E-state index is 0.00715. The molecule has 3 aromatic carbocycles. The van der Waals surface area contributed by atoms with Gasteiger partial charge in [0, 0.05) is 23.1 Å². The van der Waals surface area contributed by atoms with Gasteiger partial charge in [0.2, 0.25) is 11.8 Å². The van der Waals surface area contributed by atoms with Crippen LogP contribution in [0, 0.1) is 0 Å². The van der Waals surface area contributed by atoms with Crippen LogP contribution < -0.4 is 9.62 Å². The number of nitrogens with one attached hydrogen (secondary N) is 1. The molecule has 0 aliphatic rings. The van der Waals surface area contributed by atoms with Gasteiger partial charge in [0.15, 0.2) is 0 Å². The van der Waals surface area contributed by atoms with Crippen molar-refractivity contribution in [2.24, 2.45) is 0 Å². The van der Waals surface area contributed by atoms with E-state index in [9.17, 15) is 18.0 Å². The molecule has 202 valence electrons. The zero-order chi connectivity index (χ0) is 27.9. The molecule has 1 N–H and O–H groups in total. The van der Waals surface area contributed by atoms with Crippen LogP contribution in [0.4, 0.5) is 5.69 Å². The zero-order valence-corrected chi connectivity index (χ0v) is 24.0. The maximum atomic E-state index is 13.8. The molecular weight excluding hydrogens is 569 g/mol. The number of amides is 2. The Bertz CT molecular complexity index is 1390. The van der Waals surface area contributed by atoms with Gasteiger partial charge in [-0.1, -0.05) is 78.1 Å². The third-order valence-corrected chi connectivity index (χ3v) is 8.48. The quantitative estimate of drug-likeness (QED) is 0.304. The molecular formula is C27H28Cl3N3O4S. The van der Waals surface area contributed by atoms with Crippen molar-refractivity contribution >= 4 is 62.3 Å². The molecule has 2 amide bonds. The fraction of sp³-hybridized carbons (Fsp3) is 0.259. The summed E-state index contributed by atoms with van der Waals surface area (Å²) >= 11 is 18.8. The van der Waals surface area contributed by atoms with E-state index in [2.05, 4.69) is 5.32 Å². The van der Waals surface area contributed by atoms with Crippen molar-refractivity contribution in [2.45, 2.75) is 37.8 Å². The van der Waals surface area contributed by atoms with Crippen molar-refractivity contribution in [2.75, 3.05) is 17.4 Å². The van der Waals surface area contributed by atoms with Crippen LogP contribution in [0.1, 0.15) is 25.8 Å². The fourth-order valence-corrected chi connectivity index (χ4v) is 5.92. The molecule has 0 aliphatic carbocycles. The first-order valence-corrected chi connectivity index (χ1v) is 14.5. The predicted molar refractivity (Wildman–Crippen MR) is 152 cm³/mol. The van der Waals surface area contributed by atoms with Crippen molar-refractivity contribution in [3.63, 3.8) is 0 Å². The predicted octanol–water partition coefficient (Wildman–Crippen LogP) is 5.79. The molecule has 1 atom stereocenters. The third kappa shape index (κ3) is 7.20. The van der Waals surface area contributed by atoms with Crippen LogP contribution in [-0.4, -0.2) is 44.3 Å². The molecule has 3 rings (SSSR count). The summed E-state index contributed by atoms with van der Waals surface area (Å²) in [6, 6.07) is 18.1. The van der Waals surface area contributed by atoms with Gasteiger partial charge in [-0.05, 0) is 55.3 Å². The van der Waals surface area contributed by atoms with E-state index in [0.717, 1.165) is 10.7 Å². The van der Waals surface area contributed by atoms with E-state index in [4.69, 9.17) is 34.8 Å². The van der Waals surface area contributed by atoms with Gasteiger partial charge in [-0.2, -0.15) is 0 Å². The summed E-state index contributed by atoms with van der Waals surface area (Å²) in [5.41, 5.74) is 0.689. The standard InChI is InChI=1S/C27H28Cl3N3O4S/c1-3-15-31-27(35)19(2)32(17-20-9-7-8-12-23(20)29)26(34)18-33(25-14-13-21(28)16-24(25)30)38(36,37)22-10-5-4-6-11-22/h4-14,16,19H,3,15,17-18H2,1-2H3,(H,31,35)/t19-/m0/s1. The highest BCUT2D eigenvalue weighted by atomic mass is 35.5. The Morgan fingerprint density at radius 1 is 0.921 bits per heavy atom. The Hall–Kier alpha value is -2.78. The van der Waals surface area contributed by atoms with E-state index in [1.807, 2.05) is 6.92 Å². The number of anilines is 1. The normalized spacial score (nSPS) is 12.0. The number of carbonyl (C=O) groups excluding carboxylic acids is 2. The maximum Gasteiger partial charge on any atom is 0.264 e. The van der Waals surface area contributed by atoms with Crippen LogP contribution >= 0.6 is 34.8 Å². The maximum absolute atomic E-state index is 13.8. The van der Waals surface area contributed by atoms with Gasteiger partial charge in [-0.3, -0.25) is 13.9 Å². The molecule has 0 unspecified atom stereocenters. The van der Waals surface area contributed by atoms with E-state index in [1.165, 1.54) is 35.2 Å². The average Bonchev–Trinajstić information content (AvgIpc) is 2.90. The molecule has 0 aliphatic heterocycles. The highest BCUT2D eigenvalue weighted by Crippen LogP contribution is 2.33. The second-order valence-electron chi connectivity index (χ2n) is 8.50. The van der Waals surface area contributed by atoms with Gasteiger partial charge in [-0.25, -0.2) is 8.42 Å². The molecule has 38 heavy (non-hydrogen) atoms. The van der Waals surface area contributed by atoms with E-state index in [0.29, 0.717) is 22.2 Å². The second kappa shape index (κ2) is 13.3. The minimum atomic E-state index is -4.23. The number of rotatable bonds is 11. The molecule has 0 aromatic heterocycles. The first-order valence-electron chi connectivity index (χ1n) is 11.9. The highest BCUT2D eigenvalue weighted by Gasteiger charge is 2.33. The SMILES string of the molecule is CCCNC(=O)[C@H](C)N(Cc1ccccc1Cl)C(=O)CN(c1ccc(Cl)cc1Cl)S(=O)(=O)c1ccccc1. The topological polar surface area (TPSA) is 86.8 Å². The van der Waals surface area contributed by atoms with Crippen LogP contribution in [0.25, 0.3) is 0 Å². The van der Waals surface area contributed by atoms with Gasteiger partial charge in [-0.15, -0.1) is 0 Å². The average molecular weight is 597 g/mol. The van der Waals surface area contributed by atoms with Crippen molar-refractivity contribution in [1.29, 1.82) is 0 Å².